The molecule has 1 unspecified atom stereocenters. The van der Waals surface area contributed by atoms with Crippen molar-refractivity contribution in [1.29, 1.82) is 0 Å². The van der Waals surface area contributed by atoms with Gasteiger partial charge in [0.25, 0.3) is 11.8 Å². The second kappa shape index (κ2) is 7.81. The molecule has 0 bridgehead atoms. The van der Waals surface area contributed by atoms with E-state index in [1.54, 1.807) is 6.07 Å². The lowest BCUT2D eigenvalue weighted by molar-refractivity contribution is -0.148. The highest BCUT2D eigenvalue weighted by Gasteiger charge is 2.36. The number of carbonyl (C=O) groups is 3. The average Bonchev–Trinajstić information content (AvgIpc) is 3.12. The van der Waals surface area contributed by atoms with E-state index in [9.17, 15) is 14.4 Å². The number of ether oxygens (including phenoxy) is 1. The van der Waals surface area contributed by atoms with Crippen LogP contribution in [0.1, 0.15) is 29.8 Å². The Balaban J connectivity index is 1.21. The minimum absolute atomic E-state index is 0.125. The SMILES string of the molecule is O=C(N[C@H]1C[C@H](C(=O)NNC(=O)C2CCO2)C1)c1cc(-c2ccccc2)no1. The topological polar surface area (TPSA) is 123 Å². The second-order valence-corrected chi connectivity index (χ2v) is 6.91. The number of carbonyl (C=O) groups excluding carboxylic acids is 3. The van der Waals surface area contributed by atoms with E-state index in [1.807, 2.05) is 30.3 Å². The van der Waals surface area contributed by atoms with Crippen molar-refractivity contribution in [2.24, 2.45) is 5.92 Å². The maximum Gasteiger partial charge on any atom is 0.290 e. The molecule has 2 aromatic rings. The van der Waals surface area contributed by atoms with Crippen molar-refractivity contribution in [3.8, 4) is 11.3 Å². The van der Waals surface area contributed by atoms with Gasteiger partial charge in [0.15, 0.2) is 0 Å². The summed E-state index contributed by atoms with van der Waals surface area (Å²) in [6.45, 7) is 0.564. The van der Waals surface area contributed by atoms with E-state index in [1.165, 1.54) is 0 Å². The zero-order chi connectivity index (χ0) is 19.5. The van der Waals surface area contributed by atoms with Gasteiger partial charge in [0, 0.05) is 30.0 Å². The van der Waals surface area contributed by atoms with Gasteiger partial charge in [-0.3, -0.25) is 25.2 Å². The summed E-state index contributed by atoms with van der Waals surface area (Å²) >= 11 is 0. The van der Waals surface area contributed by atoms with Gasteiger partial charge >= 0.3 is 0 Å². The molecular formula is C19H20N4O5. The third-order valence-corrected chi connectivity index (χ3v) is 4.95. The molecule has 1 saturated carbocycles. The second-order valence-electron chi connectivity index (χ2n) is 6.91. The minimum Gasteiger partial charge on any atom is -0.368 e. The van der Waals surface area contributed by atoms with Crippen molar-refractivity contribution < 1.29 is 23.6 Å². The van der Waals surface area contributed by atoms with Gasteiger partial charge in [-0.15, -0.1) is 0 Å². The molecule has 1 saturated heterocycles. The quantitative estimate of drug-likeness (QED) is 0.655. The van der Waals surface area contributed by atoms with E-state index in [0.29, 0.717) is 31.6 Å². The molecule has 1 aromatic carbocycles. The van der Waals surface area contributed by atoms with Gasteiger partial charge in [-0.25, -0.2) is 0 Å². The van der Waals surface area contributed by atoms with Crippen LogP contribution in [0.5, 0.6) is 0 Å². The van der Waals surface area contributed by atoms with E-state index in [-0.39, 0.29) is 35.4 Å². The van der Waals surface area contributed by atoms with Crippen molar-refractivity contribution >= 4 is 17.7 Å². The predicted molar refractivity (Wildman–Crippen MR) is 96.6 cm³/mol. The zero-order valence-electron chi connectivity index (χ0n) is 15.0. The highest BCUT2D eigenvalue weighted by atomic mass is 16.5. The third kappa shape index (κ3) is 3.89. The van der Waals surface area contributed by atoms with Gasteiger partial charge in [0.2, 0.25) is 11.7 Å². The third-order valence-electron chi connectivity index (χ3n) is 4.95. The first-order chi connectivity index (χ1) is 13.6. The Kier molecular flexibility index (Phi) is 5.07. The van der Waals surface area contributed by atoms with Crippen molar-refractivity contribution in [3.05, 3.63) is 42.2 Å². The Morgan fingerprint density at radius 2 is 1.75 bits per heavy atom. The Hall–Kier alpha value is -3.20. The first kappa shape index (κ1) is 18.2. The lowest BCUT2D eigenvalue weighted by atomic mass is 9.79. The number of rotatable bonds is 5. The van der Waals surface area contributed by atoms with Gasteiger partial charge in [-0.1, -0.05) is 35.5 Å². The summed E-state index contributed by atoms with van der Waals surface area (Å²) in [5, 5.41) is 6.74. The summed E-state index contributed by atoms with van der Waals surface area (Å²) in [6, 6.07) is 10.9. The fraction of sp³-hybridized carbons (Fsp3) is 0.368. The van der Waals surface area contributed by atoms with Gasteiger partial charge in [-0.2, -0.15) is 0 Å². The fourth-order valence-corrected chi connectivity index (χ4v) is 3.08. The van der Waals surface area contributed by atoms with Crippen LogP contribution in [0.25, 0.3) is 11.3 Å². The summed E-state index contributed by atoms with van der Waals surface area (Å²) in [5.41, 5.74) is 6.21. The molecule has 0 radical (unpaired) electrons. The fourth-order valence-electron chi connectivity index (χ4n) is 3.08. The van der Waals surface area contributed by atoms with Crippen LogP contribution in [0.4, 0.5) is 0 Å². The van der Waals surface area contributed by atoms with E-state index >= 15 is 0 Å². The summed E-state index contributed by atoms with van der Waals surface area (Å²) in [7, 11) is 0. The molecule has 2 aliphatic rings. The number of aromatic nitrogens is 1. The Bertz CT molecular complexity index is 871. The zero-order valence-corrected chi connectivity index (χ0v) is 15.0. The number of hydrazine groups is 1. The lowest BCUT2D eigenvalue weighted by Gasteiger charge is -2.34. The number of nitrogens with zero attached hydrogens (tertiary/aromatic N) is 1. The molecule has 3 N–H and O–H groups in total. The van der Waals surface area contributed by atoms with Crippen LogP contribution >= 0.6 is 0 Å². The van der Waals surface area contributed by atoms with Gasteiger partial charge < -0.3 is 14.6 Å². The molecule has 28 heavy (non-hydrogen) atoms. The Labute approximate surface area is 160 Å². The highest BCUT2D eigenvalue weighted by molar-refractivity contribution is 5.93. The summed E-state index contributed by atoms with van der Waals surface area (Å²) < 4.78 is 10.2. The lowest BCUT2D eigenvalue weighted by Crippen LogP contribution is -2.55. The molecule has 1 aliphatic carbocycles. The van der Waals surface area contributed by atoms with E-state index in [4.69, 9.17) is 9.26 Å². The largest absolute Gasteiger partial charge is 0.368 e. The Morgan fingerprint density at radius 3 is 2.43 bits per heavy atom. The first-order valence-corrected chi connectivity index (χ1v) is 9.14. The van der Waals surface area contributed by atoms with Gasteiger partial charge in [0.05, 0.1) is 6.61 Å². The number of benzene rings is 1. The van der Waals surface area contributed by atoms with Crippen LogP contribution < -0.4 is 16.2 Å². The number of amides is 3. The van der Waals surface area contributed by atoms with Gasteiger partial charge in [-0.05, 0) is 12.8 Å². The normalized spacial score (nSPS) is 23.1. The molecule has 0 spiro atoms. The van der Waals surface area contributed by atoms with Crippen LogP contribution in [0.3, 0.4) is 0 Å². The molecule has 146 valence electrons. The van der Waals surface area contributed by atoms with Crippen LogP contribution in [0.2, 0.25) is 0 Å². The number of nitrogens with one attached hydrogen (secondary N) is 3. The summed E-state index contributed by atoms with van der Waals surface area (Å²) in [5.74, 6) is -1.12. The number of hydrogen-bond donors (Lipinski definition) is 3. The maximum absolute atomic E-state index is 12.3. The van der Waals surface area contributed by atoms with Crippen LogP contribution in [-0.4, -0.2) is 41.6 Å². The highest BCUT2D eigenvalue weighted by Crippen LogP contribution is 2.28. The van der Waals surface area contributed by atoms with Crippen molar-refractivity contribution in [2.45, 2.75) is 31.4 Å². The molecule has 2 fully saturated rings. The van der Waals surface area contributed by atoms with Crippen LogP contribution in [0.15, 0.2) is 40.9 Å². The average molecular weight is 384 g/mol. The molecule has 9 nitrogen and oxygen atoms in total. The predicted octanol–water partition coefficient (Wildman–Crippen LogP) is 0.786. The Morgan fingerprint density at radius 1 is 1.04 bits per heavy atom. The molecule has 9 heteroatoms. The van der Waals surface area contributed by atoms with Crippen LogP contribution in [0, 0.1) is 5.92 Å². The summed E-state index contributed by atoms with van der Waals surface area (Å²) in [6.07, 6.45) is 1.17. The molecule has 3 amide bonds. The van der Waals surface area contributed by atoms with Crippen molar-refractivity contribution in [2.75, 3.05) is 6.61 Å². The monoisotopic (exact) mass is 384 g/mol. The van der Waals surface area contributed by atoms with E-state index < -0.39 is 6.10 Å². The molecule has 2 heterocycles. The molecule has 1 aliphatic heterocycles. The molecule has 4 rings (SSSR count). The van der Waals surface area contributed by atoms with E-state index in [2.05, 4.69) is 21.3 Å². The molecule has 1 aromatic heterocycles. The summed E-state index contributed by atoms with van der Waals surface area (Å²) in [4.78, 5) is 35.9. The molecule has 1 atom stereocenters. The standard InChI is InChI=1S/C19H20N4O5/c24-17(21-22-19(26)15-6-7-27-15)12-8-13(9-12)20-18(25)16-10-14(23-28-16)11-4-2-1-3-5-11/h1-5,10,12-13,15H,6-9H2,(H,20,25)(H,21,24)(H,22,26)/t12-,13-,15?. The number of hydrogen-bond acceptors (Lipinski definition) is 6. The minimum atomic E-state index is -0.476. The van der Waals surface area contributed by atoms with Gasteiger partial charge in [0.1, 0.15) is 11.8 Å². The van der Waals surface area contributed by atoms with Crippen molar-refractivity contribution in [3.63, 3.8) is 0 Å². The maximum atomic E-state index is 12.3. The van der Waals surface area contributed by atoms with Crippen LogP contribution in [-0.2, 0) is 14.3 Å². The smallest absolute Gasteiger partial charge is 0.290 e. The molecular weight excluding hydrogens is 364 g/mol. The van der Waals surface area contributed by atoms with Crippen molar-refractivity contribution in [1.82, 2.24) is 21.3 Å². The van der Waals surface area contributed by atoms with E-state index in [0.717, 1.165) is 5.56 Å². The first-order valence-electron chi connectivity index (χ1n) is 9.14.